The maximum Gasteiger partial charge on any atom is 0.416 e. The van der Waals surface area contributed by atoms with Gasteiger partial charge in [0.2, 0.25) is 5.91 Å². The van der Waals surface area contributed by atoms with Crippen molar-refractivity contribution in [3.63, 3.8) is 0 Å². The maximum atomic E-state index is 12.5. The first-order chi connectivity index (χ1) is 9.18. The number of carbonyl (C=O) groups is 1. The van der Waals surface area contributed by atoms with Crippen molar-refractivity contribution in [2.24, 2.45) is 0 Å². The molecule has 1 rings (SSSR count). The Morgan fingerprint density at radius 1 is 1.35 bits per heavy atom. The lowest BCUT2D eigenvalue weighted by Crippen LogP contribution is -2.35. The van der Waals surface area contributed by atoms with Gasteiger partial charge < -0.3 is 10.4 Å². The van der Waals surface area contributed by atoms with E-state index in [4.69, 9.17) is 0 Å². The second kappa shape index (κ2) is 6.74. The Bertz CT molecular complexity index is 458. The summed E-state index contributed by atoms with van der Waals surface area (Å²) in [5, 5.41) is 11.8. The van der Waals surface area contributed by atoms with Crippen LogP contribution in [0.5, 0.6) is 0 Å². The van der Waals surface area contributed by atoms with Crippen LogP contribution in [0.2, 0.25) is 0 Å². The summed E-state index contributed by atoms with van der Waals surface area (Å²) in [6.45, 7) is 3.34. The van der Waals surface area contributed by atoms with Gasteiger partial charge in [0.15, 0.2) is 0 Å². The van der Waals surface area contributed by atoms with Crippen molar-refractivity contribution in [3.8, 4) is 0 Å². The van der Waals surface area contributed by atoms with Gasteiger partial charge in [-0.25, -0.2) is 0 Å². The molecule has 2 N–H and O–H groups in total. The molecule has 0 spiro atoms. The van der Waals surface area contributed by atoms with Gasteiger partial charge in [0.05, 0.1) is 18.1 Å². The molecule has 0 saturated carbocycles. The van der Waals surface area contributed by atoms with Crippen molar-refractivity contribution in [2.45, 2.75) is 45.0 Å². The number of amides is 1. The van der Waals surface area contributed by atoms with Crippen LogP contribution in [0.1, 0.15) is 31.4 Å². The Morgan fingerprint density at radius 2 is 2.00 bits per heavy atom. The van der Waals surface area contributed by atoms with Crippen LogP contribution in [0.4, 0.5) is 13.2 Å². The van der Waals surface area contributed by atoms with Gasteiger partial charge in [-0.3, -0.25) is 4.79 Å². The second-order valence-corrected chi connectivity index (χ2v) is 4.93. The number of carbonyl (C=O) groups excluding carboxylic acids is 1. The molecular weight excluding hydrogens is 271 g/mol. The minimum atomic E-state index is -4.41. The zero-order chi connectivity index (χ0) is 15.3. The topological polar surface area (TPSA) is 49.3 Å². The molecule has 0 aliphatic heterocycles. The zero-order valence-corrected chi connectivity index (χ0v) is 11.4. The van der Waals surface area contributed by atoms with E-state index in [9.17, 15) is 23.1 Å². The highest BCUT2D eigenvalue weighted by Gasteiger charge is 2.30. The van der Waals surface area contributed by atoms with Crippen molar-refractivity contribution < 1.29 is 23.1 Å². The van der Waals surface area contributed by atoms with Gasteiger partial charge in [-0.05, 0) is 31.9 Å². The summed E-state index contributed by atoms with van der Waals surface area (Å²) in [5.41, 5.74) is -0.457. The minimum absolute atomic E-state index is 0.117. The SMILES string of the molecule is CC(O)CC(C)NC(=O)Cc1cccc(C(F)(F)F)c1. The second-order valence-electron chi connectivity index (χ2n) is 4.93. The van der Waals surface area contributed by atoms with Gasteiger partial charge in [0, 0.05) is 6.04 Å². The van der Waals surface area contributed by atoms with E-state index < -0.39 is 17.8 Å². The van der Waals surface area contributed by atoms with Crippen LogP contribution in [0, 0.1) is 0 Å². The van der Waals surface area contributed by atoms with Crippen molar-refractivity contribution in [3.05, 3.63) is 35.4 Å². The van der Waals surface area contributed by atoms with Crippen LogP contribution in [0.3, 0.4) is 0 Å². The summed E-state index contributed by atoms with van der Waals surface area (Å²) in [7, 11) is 0. The molecule has 0 fully saturated rings. The van der Waals surface area contributed by atoms with Gasteiger partial charge in [0.1, 0.15) is 0 Å². The van der Waals surface area contributed by atoms with Crippen molar-refractivity contribution in [1.29, 1.82) is 0 Å². The van der Waals surface area contributed by atoms with E-state index in [2.05, 4.69) is 5.32 Å². The number of aliphatic hydroxyl groups is 1. The average molecular weight is 289 g/mol. The lowest BCUT2D eigenvalue weighted by Gasteiger charge is -2.15. The number of rotatable bonds is 5. The lowest BCUT2D eigenvalue weighted by atomic mass is 10.1. The molecule has 1 aromatic carbocycles. The largest absolute Gasteiger partial charge is 0.416 e. The van der Waals surface area contributed by atoms with Gasteiger partial charge in [-0.1, -0.05) is 18.2 Å². The van der Waals surface area contributed by atoms with E-state index in [1.807, 2.05) is 0 Å². The molecule has 2 unspecified atom stereocenters. The van der Waals surface area contributed by atoms with Crippen LogP contribution in [-0.2, 0) is 17.4 Å². The van der Waals surface area contributed by atoms with Crippen molar-refractivity contribution in [2.75, 3.05) is 0 Å². The third-order valence-electron chi connectivity index (χ3n) is 2.72. The van der Waals surface area contributed by atoms with E-state index in [0.717, 1.165) is 12.1 Å². The predicted molar refractivity (Wildman–Crippen MR) is 69.1 cm³/mol. The highest BCUT2D eigenvalue weighted by Crippen LogP contribution is 2.29. The van der Waals surface area contributed by atoms with E-state index in [0.29, 0.717) is 12.0 Å². The van der Waals surface area contributed by atoms with Gasteiger partial charge >= 0.3 is 6.18 Å². The minimum Gasteiger partial charge on any atom is -0.393 e. The predicted octanol–water partition coefficient (Wildman–Crippen LogP) is 2.52. The summed E-state index contributed by atoms with van der Waals surface area (Å²) in [6, 6.07) is 4.48. The number of halogens is 3. The summed E-state index contributed by atoms with van der Waals surface area (Å²) >= 11 is 0. The van der Waals surface area contributed by atoms with Crippen LogP contribution in [-0.4, -0.2) is 23.2 Å². The van der Waals surface area contributed by atoms with Crippen molar-refractivity contribution in [1.82, 2.24) is 5.32 Å². The Labute approximate surface area is 115 Å². The van der Waals surface area contributed by atoms with E-state index in [-0.39, 0.29) is 18.4 Å². The molecule has 0 saturated heterocycles. The van der Waals surface area contributed by atoms with E-state index in [1.54, 1.807) is 13.8 Å². The first-order valence-corrected chi connectivity index (χ1v) is 6.32. The smallest absolute Gasteiger partial charge is 0.393 e. The Hall–Kier alpha value is -1.56. The molecule has 2 atom stereocenters. The van der Waals surface area contributed by atoms with Gasteiger partial charge in [-0.15, -0.1) is 0 Å². The molecule has 0 heterocycles. The maximum absolute atomic E-state index is 12.5. The molecular formula is C14H18F3NO2. The lowest BCUT2D eigenvalue weighted by molar-refractivity contribution is -0.137. The molecule has 1 aromatic rings. The normalized spacial score (nSPS) is 14.7. The third kappa shape index (κ3) is 5.61. The number of aliphatic hydroxyl groups excluding tert-OH is 1. The Kier molecular flexibility index (Phi) is 5.56. The fourth-order valence-electron chi connectivity index (χ4n) is 1.94. The highest BCUT2D eigenvalue weighted by molar-refractivity contribution is 5.78. The molecule has 112 valence electrons. The molecule has 20 heavy (non-hydrogen) atoms. The molecule has 0 radical (unpaired) electrons. The standard InChI is InChI=1S/C14H18F3NO2/c1-9(6-10(2)19)18-13(20)8-11-4-3-5-12(7-11)14(15,16)17/h3-5,7,9-10,19H,6,8H2,1-2H3,(H,18,20). The molecule has 1 amide bonds. The first-order valence-electron chi connectivity index (χ1n) is 6.32. The van der Waals surface area contributed by atoms with E-state index in [1.165, 1.54) is 12.1 Å². The monoisotopic (exact) mass is 289 g/mol. The summed E-state index contributed by atoms with van der Waals surface area (Å²) < 4.78 is 37.6. The van der Waals surface area contributed by atoms with E-state index >= 15 is 0 Å². The Balaban J connectivity index is 2.62. The average Bonchev–Trinajstić information content (AvgIpc) is 2.26. The third-order valence-corrected chi connectivity index (χ3v) is 2.72. The van der Waals surface area contributed by atoms with Crippen LogP contribution in [0.25, 0.3) is 0 Å². The molecule has 0 aliphatic rings. The highest BCUT2D eigenvalue weighted by atomic mass is 19.4. The quantitative estimate of drug-likeness (QED) is 0.875. The number of nitrogens with one attached hydrogen (secondary N) is 1. The molecule has 0 bridgehead atoms. The summed E-state index contributed by atoms with van der Waals surface area (Å²) in [4.78, 5) is 11.7. The number of hydrogen-bond donors (Lipinski definition) is 2. The molecule has 6 heteroatoms. The summed E-state index contributed by atoms with van der Waals surface area (Å²) in [5.74, 6) is -0.363. The first kappa shape index (κ1) is 16.5. The zero-order valence-electron chi connectivity index (χ0n) is 11.4. The number of benzene rings is 1. The molecule has 0 aliphatic carbocycles. The molecule has 3 nitrogen and oxygen atoms in total. The van der Waals surface area contributed by atoms with Crippen LogP contribution in [0.15, 0.2) is 24.3 Å². The van der Waals surface area contributed by atoms with Gasteiger partial charge in [0.25, 0.3) is 0 Å². The van der Waals surface area contributed by atoms with Crippen LogP contribution >= 0.6 is 0 Å². The van der Waals surface area contributed by atoms with Crippen LogP contribution < -0.4 is 5.32 Å². The molecule has 0 aromatic heterocycles. The van der Waals surface area contributed by atoms with Crippen molar-refractivity contribution >= 4 is 5.91 Å². The number of alkyl halides is 3. The summed E-state index contributed by atoms with van der Waals surface area (Å²) in [6.07, 6.45) is -4.67. The fraction of sp³-hybridized carbons (Fsp3) is 0.500. The number of hydrogen-bond acceptors (Lipinski definition) is 2. The Morgan fingerprint density at radius 3 is 2.55 bits per heavy atom. The fourth-order valence-corrected chi connectivity index (χ4v) is 1.94. The van der Waals surface area contributed by atoms with Gasteiger partial charge in [-0.2, -0.15) is 13.2 Å².